The number of rotatable bonds is 4. The number of hydrogen-bond acceptors (Lipinski definition) is 3. The van der Waals surface area contributed by atoms with Gasteiger partial charge in [0, 0.05) is 10.5 Å². The number of aromatic nitrogens is 1. The monoisotopic (exact) mass is 320 g/mol. The normalized spacial score (nSPS) is 12.2. The van der Waals surface area contributed by atoms with E-state index in [1.54, 1.807) is 6.20 Å². The van der Waals surface area contributed by atoms with Crippen LogP contribution in [0.3, 0.4) is 0 Å². The number of nitrogens with zero attached hydrogens (tertiary/aromatic N) is 1. The predicted octanol–water partition coefficient (Wildman–Crippen LogP) is 4.35. The Morgan fingerprint density at radius 3 is 2.58 bits per heavy atom. The maximum absolute atomic E-state index is 5.92. The molecule has 2 aromatic rings. The zero-order valence-electron chi connectivity index (χ0n) is 11.1. The van der Waals surface area contributed by atoms with Crippen molar-refractivity contribution in [3.8, 4) is 11.5 Å². The first-order valence-electron chi connectivity index (χ1n) is 6.25. The number of nitrogens with two attached hydrogens (primary N) is 1. The van der Waals surface area contributed by atoms with Crippen molar-refractivity contribution in [2.24, 2.45) is 5.73 Å². The second-order valence-electron chi connectivity index (χ2n) is 4.45. The summed E-state index contributed by atoms with van der Waals surface area (Å²) in [5, 5.41) is 0. The summed E-state index contributed by atoms with van der Waals surface area (Å²) in [5.41, 5.74) is 7.95. The van der Waals surface area contributed by atoms with E-state index in [0.717, 1.165) is 27.9 Å². The molecule has 2 rings (SSSR count). The minimum absolute atomic E-state index is 0.0102. The van der Waals surface area contributed by atoms with Crippen LogP contribution in [-0.4, -0.2) is 4.98 Å². The third kappa shape index (κ3) is 3.55. The number of benzene rings is 1. The number of halogens is 1. The third-order valence-electron chi connectivity index (χ3n) is 2.94. The molecule has 0 bridgehead atoms. The zero-order chi connectivity index (χ0) is 13.8. The van der Waals surface area contributed by atoms with Gasteiger partial charge in [0.05, 0.1) is 11.9 Å². The first kappa shape index (κ1) is 14.0. The van der Waals surface area contributed by atoms with Crippen molar-refractivity contribution in [2.75, 3.05) is 0 Å². The van der Waals surface area contributed by atoms with E-state index in [4.69, 9.17) is 10.5 Å². The van der Waals surface area contributed by atoms with E-state index in [1.165, 1.54) is 0 Å². The highest BCUT2D eigenvalue weighted by Crippen LogP contribution is 2.26. The number of pyridine rings is 1. The fourth-order valence-corrected chi connectivity index (χ4v) is 1.94. The minimum Gasteiger partial charge on any atom is -0.456 e. The Balaban J connectivity index is 2.12. The lowest BCUT2D eigenvalue weighted by molar-refractivity contribution is 0.478. The molecule has 0 saturated carbocycles. The molecule has 0 radical (unpaired) electrons. The lowest BCUT2D eigenvalue weighted by Gasteiger charge is -2.10. The Morgan fingerprint density at radius 2 is 2.00 bits per heavy atom. The fourth-order valence-electron chi connectivity index (χ4n) is 1.70. The molecule has 100 valence electrons. The molecule has 0 aliphatic rings. The highest BCUT2D eigenvalue weighted by atomic mass is 79.9. The summed E-state index contributed by atoms with van der Waals surface area (Å²) in [4.78, 5) is 4.33. The van der Waals surface area contributed by atoms with E-state index in [9.17, 15) is 0 Å². The smallest absolute Gasteiger partial charge is 0.145 e. The summed E-state index contributed by atoms with van der Waals surface area (Å²) in [5.74, 6) is 1.52. The Labute approximate surface area is 121 Å². The lowest BCUT2D eigenvalue weighted by Crippen LogP contribution is -2.10. The van der Waals surface area contributed by atoms with E-state index in [0.29, 0.717) is 5.75 Å². The molecular weight excluding hydrogens is 304 g/mol. The van der Waals surface area contributed by atoms with Crippen molar-refractivity contribution in [2.45, 2.75) is 26.3 Å². The van der Waals surface area contributed by atoms with Gasteiger partial charge >= 0.3 is 0 Å². The van der Waals surface area contributed by atoms with Gasteiger partial charge in [0.15, 0.2) is 0 Å². The average Bonchev–Trinajstić information content (AvgIpc) is 2.43. The Kier molecular flexibility index (Phi) is 4.56. The molecule has 0 spiro atoms. The number of aryl methyl sites for hydroxylation is 1. The lowest BCUT2D eigenvalue weighted by atomic mass is 10.1. The minimum atomic E-state index is -0.0102. The average molecular weight is 321 g/mol. The molecule has 0 saturated heterocycles. The largest absolute Gasteiger partial charge is 0.456 e. The topological polar surface area (TPSA) is 48.1 Å². The highest BCUT2D eigenvalue weighted by Gasteiger charge is 2.05. The van der Waals surface area contributed by atoms with Crippen molar-refractivity contribution in [1.29, 1.82) is 0 Å². The number of ether oxygens (including phenoxy) is 1. The van der Waals surface area contributed by atoms with Crippen LogP contribution in [0.15, 0.2) is 41.0 Å². The first-order valence-corrected chi connectivity index (χ1v) is 7.05. The second kappa shape index (κ2) is 6.17. The standard InChI is InChI=1S/C15H17BrN2O/c1-3-14(17)15-7-5-12(9-18-15)19-11-4-6-13(16)10(2)8-11/h4-9,14H,3,17H2,1-2H3. The van der Waals surface area contributed by atoms with E-state index >= 15 is 0 Å². The maximum atomic E-state index is 5.92. The molecular formula is C15H17BrN2O. The summed E-state index contributed by atoms with van der Waals surface area (Å²) < 4.78 is 6.83. The Bertz CT molecular complexity index is 555. The van der Waals surface area contributed by atoms with Crippen molar-refractivity contribution >= 4 is 15.9 Å². The van der Waals surface area contributed by atoms with Crippen LogP contribution < -0.4 is 10.5 Å². The summed E-state index contributed by atoms with van der Waals surface area (Å²) in [7, 11) is 0. The molecule has 19 heavy (non-hydrogen) atoms. The molecule has 1 unspecified atom stereocenters. The summed E-state index contributed by atoms with van der Waals surface area (Å²) in [6.07, 6.45) is 2.58. The Morgan fingerprint density at radius 1 is 1.26 bits per heavy atom. The van der Waals surface area contributed by atoms with Crippen LogP contribution in [0.5, 0.6) is 11.5 Å². The van der Waals surface area contributed by atoms with Gasteiger partial charge in [-0.15, -0.1) is 0 Å². The van der Waals surface area contributed by atoms with E-state index in [-0.39, 0.29) is 6.04 Å². The van der Waals surface area contributed by atoms with Crippen molar-refractivity contribution in [1.82, 2.24) is 4.98 Å². The Hall–Kier alpha value is -1.39. The molecule has 0 fully saturated rings. The first-order chi connectivity index (χ1) is 9.10. The molecule has 3 nitrogen and oxygen atoms in total. The maximum Gasteiger partial charge on any atom is 0.145 e. The van der Waals surface area contributed by atoms with Crippen LogP contribution in [0.1, 0.15) is 30.6 Å². The van der Waals surface area contributed by atoms with Crippen LogP contribution >= 0.6 is 15.9 Å². The van der Waals surface area contributed by atoms with E-state index < -0.39 is 0 Å². The zero-order valence-corrected chi connectivity index (χ0v) is 12.6. The number of hydrogen-bond donors (Lipinski definition) is 1. The van der Waals surface area contributed by atoms with Crippen LogP contribution in [0.4, 0.5) is 0 Å². The molecule has 1 aromatic heterocycles. The van der Waals surface area contributed by atoms with Crippen molar-refractivity contribution in [3.63, 3.8) is 0 Å². The fraction of sp³-hybridized carbons (Fsp3) is 0.267. The quantitative estimate of drug-likeness (QED) is 0.910. The molecule has 0 aliphatic heterocycles. The third-order valence-corrected chi connectivity index (χ3v) is 3.83. The molecule has 0 aliphatic carbocycles. The van der Waals surface area contributed by atoms with Gasteiger partial charge in [-0.2, -0.15) is 0 Å². The second-order valence-corrected chi connectivity index (χ2v) is 5.30. The highest BCUT2D eigenvalue weighted by molar-refractivity contribution is 9.10. The van der Waals surface area contributed by atoms with E-state index in [1.807, 2.05) is 44.2 Å². The van der Waals surface area contributed by atoms with Crippen LogP contribution in [-0.2, 0) is 0 Å². The SMILES string of the molecule is CCC(N)c1ccc(Oc2ccc(Br)c(C)c2)cn1. The van der Waals surface area contributed by atoms with Gasteiger partial charge in [-0.25, -0.2) is 0 Å². The summed E-state index contributed by atoms with van der Waals surface area (Å²) >= 11 is 3.47. The molecule has 0 amide bonds. The molecule has 1 aromatic carbocycles. The van der Waals surface area contributed by atoms with E-state index in [2.05, 4.69) is 20.9 Å². The molecule has 1 heterocycles. The van der Waals surface area contributed by atoms with Gasteiger partial charge in [-0.1, -0.05) is 22.9 Å². The summed E-state index contributed by atoms with van der Waals surface area (Å²) in [6.45, 7) is 4.07. The van der Waals surface area contributed by atoms with Gasteiger partial charge in [-0.3, -0.25) is 4.98 Å². The van der Waals surface area contributed by atoms with Crippen LogP contribution in [0.2, 0.25) is 0 Å². The van der Waals surface area contributed by atoms with Crippen LogP contribution in [0, 0.1) is 6.92 Å². The van der Waals surface area contributed by atoms with Crippen molar-refractivity contribution in [3.05, 3.63) is 52.3 Å². The van der Waals surface area contributed by atoms with Crippen molar-refractivity contribution < 1.29 is 4.74 Å². The van der Waals surface area contributed by atoms with Gasteiger partial charge < -0.3 is 10.5 Å². The van der Waals surface area contributed by atoms with Crippen LogP contribution in [0.25, 0.3) is 0 Å². The molecule has 4 heteroatoms. The molecule has 1 atom stereocenters. The van der Waals surface area contributed by atoms with Gasteiger partial charge in [0.2, 0.25) is 0 Å². The predicted molar refractivity (Wildman–Crippen MR) is 80.4 cm³/mol. The molecule has 2 N–H and O–H groups in total. The summed E-state index contributed by atoms with van der Waals surface area (Å²) in [6, 6.07) is 9.67. The van der Waals surface area contributed by atoms with Gasteiger partial charge in [0.1, 0.15) is 11.5 Å². The van der Waals surface area contributed by atoms with Gasteiger partial charge in [0.25, 0.3) is 0 Å². The van der Waals surface area contributed by atoms with Gasteiger partial charge in [-0.05, 0) is 49.2 Å².